The lowest BCUT2D eigenvalue weighted by atomic mass is 10.0. The number of pyridine rings is 1. The summed E-state index contributed by atoms with van der Waals surface area (Å²) in [7, 11) is 0. The Balaban J connectivity index is 1.57. The number of carbonyl (C=O) groups is 1. The van der Waals surface area contributed by atoms with Crippen molar-refractivity contribution in [3.05, 3.63) is 106 Å². The second kappa shape index (κ2) is 9.04. The van der Waals surface area contributed by atoms with Gasteiger partial charge in [-0.25, -0.2) is 4.79 Å². The molecule has 0 radical (unpaired) electrons. The summed E-state index contributed by atoms with van der Waals surface area (Å²) in [5.41, 5.74) is 3.93. The van der Waals surface area contributed by atoms with E-state index in [1.165, 1.54) is 0 Å². The van der Waals surface area contributed by atoms with E-state index in [4.69, 9.17) is 16.6 Å². The molecule has 5 rings (SSSR count). The Bertz CT molecular complexity index is 1370. The minimum absolute atomic E-state index is 0.217. The quantitative estimate of drug-likeness (QED) is 0.292. The highest BCUT2D eigenvalue weighted by Gasteiger charge is 2.42. The first kappa shape index (κ1) is 22.3. The van der Waals surface area contributed by atoms with E-state index in [1.807, 2.05) is 49.4 Å². The van der Waals surface area contributed by atoms with Crippen molar-refractivity contribution in [2.75, 3.05) is 4.90 Å². The number of rotatable bonds is 5. The summed E-state index contributed by atoms with van der Waals surface area (Å²) in [6.07, 6.45) is 1.77. The largest absolute Gasteiger partial charge is 0.478 e. The second-order valence-electron chi connectivity index (χ2n) is 8.01. The molecule has 2 N–H and O–H groups in total. The molecule has 0 amide bonds. The fraction of sp³-hybridized carbons (Fsp3) is 0.115. The van der Waals surface area contributed by atoms with Crippen molar-refractivity contribution in [2.45, 2.75) is 19.0 Å². The maximum absolute atomic E-state index is 11.2. The molecule has 2 aromatic carbocycles. The van der Waals surface area contributed by atoms with Gasteiger partial charge in [0.25, 0.3) is 0 Å². The summed E-state index contributed by atoms with van der Waals surface area (Å²) in [5, 5.41) is 13.2. The van der Waals surface area contributed by atoms with Crippen LogP contribution in [0.5, 0.6) is 0 Å². The molecule has 0 aliphatic carbocycles. The highest BCUT2D eigenvalue weighted by molar-refractivity contribution is 9.10. The Labute approximate surface area is 210 Å². The summed E-state index contributed by atoms with van der Waals surface area (Å²) in [6.45, 7) is 2.04. The van der Waals surface area contributed by atoms with Crippen LogP contribution in [0.25, 0.3) is 11.3 Å². The third kappa shape index (κ3) is 4.10. The lowest BCUT2D eigenvalue weighted by Crippen LogP contribution is -2.29. The zero-order valence-corrected chi connectivity index (χ0v) is 20.5. The van der Waals surface area contributed by atoms with Gasteiger partial charge in [0.05, 0.1) is 17.3 Å². The average Bonchev–Trinajstić information content (AvgIpc) is 3.46. The Hall–Kier alpha value is -3.49. The van der Waals surface area contributed by atoms with Crippen molar-refractivity contribution in [3.63, 3.8) is 0 Å². The smallest absolute Gasteiger partial charge is 0.335 e. The van der Waals surface area contributed by atoms with E-state index in [0.717, 1.165) is 32.7 Å². The molecule has 34 heavy (non-hydrogen) atoms. The highest BCUT2D eigenvalue weighted by Crippen LogP contribution is 2.43. The number of nitrogens with one attached hydrogen (secondary N) is 1. The molecule has 0 spiro atoms. The van der Waals surface area contributed by atoms with E-state index < -0.39 is 5.97 Å². The number of aromatic carboxylic acids is 1. The first-order valence-electron chi connectivity index (χ1n) is 10.6. The van der Waals surface area contributed by atoms with Gasteiger partial charge < -0.3 is 19.7 Å². The van der Waals surface area contributed by atoms with E-state index in [-0.39, 0.29) is 17.6 Å². The zero-order chi connectivity index (χ0) is 23.8. The molecule has 1 fully saturated rings. The van der Waals surface area contributed by atoms with E-state index in [9.17, 15) is 9.90 Å². The minimum Gasteiger partial charge on any atom is -0.478 e. The molecule has 3 heterocycles. The first-order chi connectivity index (χ1) is 16.4. The summed E-state index contributed by atoms with van der Waals surface area (Å²) < 4.78 is 7.36. The fourth-order valence-electron chi connectivity index (χ4n) is 4.14. The van der Waals surface area contributed by atoms with Crippen LogP contribution >= 0.6 is 28.1 Å². The van der Waals surface area contributed by atoms with Crippen LogP contribution in [0.4, 0.5) is 5.69 Å². The number of halogens is 1. The highest BCUT2D eigenvalue weighted by atomic mass is 79.9. The molecule has 0 saturated carbocycles. The predicted molar refractivity (Wildman–Crippen MR) is 138 cm³/mol. The second-order valence-corrected chi connectivity index (χ2v) is 9.26. The molecule has 2 aromatic heterocycles. The van der Waals surface area contributed by atoms with Crippen molar-refractivity contribution in [3.8, 4) is 11.3 Å². The Morgan fingerprint density at radius 2 is 1.91 bits per heavy atom. The Morgan fingerprint density at radius 3 is 2.59 bits per heavy atom. The molecule has 1 aliphatic rings. The van der Waals surface area contributed by atoms with Crippen molar-refractivity contribution in [1.29, 1.82) is 0 Å². The lowest BCUT2D eigenvalue weighted by Gasteiger charge is -2.26. The first-order valence-corrected chi connectivity index (χ1v) is 11.8. The Kier molecular flexibility index (Phi) is 5.93. The van der Waals surface area contributed by atoms with Crippen LogP contribution in [0.15, 0.2) is 87.9 Å². The standard InChI is InChI=1S/C26H20BrN3O3S/c1-15-14-18(9-10-19(15)27)30-24(23(29-26(30)34)20-4-2-3-13-28-20)22-12-11-21(33-22)16-5-7-17(8-6-16)25(31)32/h2-14,23-24H,1H3,(H,29,34)(H,31,32)/t23-,24-/m0/s1. The average molecular weight is 534 g/mol. The Morgan fingerprint density at radius 1 is 1.12 bits per heavy atom. The van der Waals surface area contributed by atoms with Gasteiger partial charge >= 0.3 is 5.97 Å². The third-order valence-electron chi connectivity index (χ3n) is 5.85. The monoisotopic (exact) mass is 533 g/mol. The van der Waals surface area contributed by atoms with Gasteiger partial charge in [0.1, 0.15) is 17.6 Å². The van der Waals surface area contributed by atoms with Crippen LogP contribution < -0.4 is 10.2 Å². The SMILES string of the molecule is Cc1cc(N2C(=S)N[C@@H](c3ccccn3)[C@@H]2c2ccc(-c3ccc(C(=O)O)cc3)o2)ccc1Br. The van der Waals surface area contributed by atoms with Crippen LogP contribution in [0.2, 0.25) is 0 Å². The number of nitrogens with zero attached hydrogens (tertiary/aromatic N) is 2. The number of thiocarbonyl (C=S) groups is 1. The van der Waals surface area contributed by atoms with Crippen LogP contribution in [0.3, 0.4) is 0 Å². The van der Waals surface area contributed by atoms with Crippen LogP contribution in [-0.2, 0) is 0 Å². The predicted octanol–water partition coefficient (Wildman–Crippen LogP) is 6.29. The molecular weight excluding hydrogens is 514 g/mol. The number of carboxylic acids is 1. The number of hydrogen-bond acceptors (Lipinski definition) is 4. The van der Waals surface area contributed by atoms with Crippen molar-refractivity contribution >= 4 is 44.9 Å². The molecule has 6 nitrogen and oxygen atoms in total. The van der Waals surface area contributed by atoms with Gasteiger partial charge in [0.15, 0.2) is 5.11 Å². The number of aromatic nitrogens is 1. The third-order valence-corrected chi connectivity index (χ3v) is 7.06. The van der Waals surface area contributed by atoms with Gasteiger partial charge in [-0.1, -0.05) is 34.1 Å². The lowest BCUT2D eigenvalue weighted by molar-refractivity contribution is 0.0697. The molecule has 1 aliphatic heterocycles. The maximum atomic E-state index is 11.2. The molecule has 8 heteroatoms. The van der Waals surface area contributed by atoms with Crippen LogP contribution in [-0.4, -0.2) is 21.2 Å². The number of carboxylic acid groups (broad SMARTS) is 1. The van der Waals surface area contributed by atoms with Crippen LogP contribution in [0.1, 0.15) is 39.5 Å². The minimum atomic E-state index is -0.962. The summed E-state index contributed by atoms with van der Waals surface area (Å²) >= 11 is 9.34. The summed E-state index contributed by atoms with van der Waals surface area (Å²) in [4.78, 5) is 17.8. The number of furan rings is 1. The van der Waals surface area contributed by atoms with Crippen LogP contribution in [0, 0.1) is 6.92 Å². The van der Waals surface area contributed by atoms with Crippen molar-refractivity contribution < 1.29 is 14.3 Å². The number of anilines is 1. The van der Waals surface area contributed by atoms with Crippen molar-refractivity contribution in [2.24, 2.45) is 0 Å². The molecule has 2 atom stereocenters. The number of hydrogen-bond donors (Lipinski definition) is 2. The maximum Gasteiger partial charge on any atom is 0.335 e. The normalized spacial score (nSPS) is 17.6. The van der Waals surface area contributed by atoms with Gasteiger partial charge in [-0.05, 0) is 79.3 Å². The van der Waals surface area contributed by atoms with E-state index in [1.54, 1.807) is 30.5 Å². The molecule has 170 valence electrons. The van der Waals surface area contributed by atoms with E-state index in [2.05, 4.69) is 37.2 Å². The van der Waals surface area contributed by atoms with Gasteiger partial charge in [-0.15, -0.1) is 0 Å². The van der Waals surface area contributed by atoms with E-state index >= 15 is 0 Å². The number of benzene rings is 2. The molecule has 1 saturated heterocycles. The van der Waals surface area contributed by atoms with Crippen molar-refractivity contribution in [1.82, 2.24) is 10.3 Å². The van der Waals surface area contributed by atoms with Gasteiger partial charge in [0, 0.05) is 21.9 Å². The zero-order valence-electron chi connectivity index (χ0n) is 18.1. The van der Waals surface area contributed by atoms with Gasteiger partial charge in [-0.2, -0.15) is 0 Å². The van der Waals surface area contributed by atoms with Gasteiger partial charge in [-0.3, -0.25) is 4.98 Å². The molecule has 4 aromatic rings. The fourth-order valence-corrected chi connectivity index (χ4v) is 4.74. The van der Waals surface area contributed by atoms with E-state index in [0.29, 0.717) is 10.9 Å². The van der Waals surface area contributed by atoms with Gasteiger partial charge in [0.2, 0.25) is 0 Å². The molecular formula is C26H20BrN3O3S. The summed E-state index contributed by atoms with van der Waals surface area (Å²) in [5.74, 6) is 0.410. The molecule has 0 unspecified atom stereocenters. The topological polar surface area (TPSA) is 78.6 Å². The molecule has 0 bridgehead atoms. The number of aryl methyl sites for hydroxylation is 1. The summed E-state index contributed by atoms with van der Waals surface area (Å²) in [6, 6.07) is 21.9.